The molecule has 0 aliphatic carbocycles. The van der Waals surface area contributed by atoms with Crippen LogP contribution in [0.1, 0.15) is 41.1 Å². The van der Waals surface area contributed by atoms with Gasteiger partial charge in [-0.25, -0.2) is 9.97 Å². The van der Waals surface area contributed by atoms with Crippen LogP contribution in [0.4, 0.5) is 0 Å². The average Bonchev–Trinajstić information content (AvgIpc) is 3.12. The van der Waals surface area contributed by atoms with E-state index in [1.165, 1.54) is 11.9 Å². The van der Waals surface area contributed by atoms with Crippen molar-refractivity contribution in [1.29, 1.82) is 0 Å². The zero-order chi connectivity index (χ0) is 17.5. The van der Waals surface area contributed by atoms with Crippen LogP contribution in [-0.2, 0) is 13.0 Å². The lowest BCUT2D eigenvalue weighted by Crippen LogP contribution is -2.27. The van der Waals surface area contributed by atoms with Gasteiger partial charge >= 0.3 is 0 Å². The first-order valence-electron chi connectivity index (χ1n) is 8.23. The normalized spacial score (nSPS) is 11.9. The molecule has 0 spiro atoms. The lowest BCUT2D eigenvalue weighted by atomic mass is 10.1. The quantitative estimate of drug-likeness (QED) is 0.715. The van der Waals surface area contributed by atoms with E-state index >= 15 is 0 Å². The summed E-state index contributed by atoms with van der Waals surface area (Å²) in [6.45, 7) is 2.58. The highest BCUT2D eigenvalue weighted by Gasteiger charge is 2.15. The van der Waals surface area contributed by atoms with E-state index in [4.69, 9.17) is 0 Å². The molecule has 0 aliphatic heterocycles. The monoisotopic (exact) mass is 336 g/mol. The van der Waals surface area contributed by atoms with Gasteiger partial charge in [0, 0.05) is 12.7 Å². The highest BCUT2D eigenvalue weighted by molar-refractivity contribution is 5.92. The molecule has 128 valence electrons. The predicted octanol–water partition coefficient (Wildman–Crippen LogP) is 2.19. The molecule has 1 unspecified atom stereocenters. The first-order chi connectivity index (χ1) is 12.2. The molecule has 2 aromatic heterocycles. The van der Waals surface area contributed by atoms with Crippen LogP contribution < -0.4 is 5.32 Å². The Balaban J connectivity index is 1.51. The van der Waals surface area contributed by atoms with Gasteiger partial charge in [0.2, 0.25) is 0 Å². The highest BCUT2D eigenvalue weighted by atomic mass is 16.2. The summed E-state index contributed by atoms with van der Waals surface area (Å²) in [6.07, 6.45) is 6.68. The molecule has 7 nitrogen and oxygen atoms in total. The molecule has 0 radical (unpaired) electrons. The van der Waals surface area contributed by atoms with Crippen molar-refractivity contribution >= 4 is 5.91 Å². The molecule has 0 saturated heterocycles. The summed E-state index contributed by atoms with van der Waals surface area (Å²) in [4.78, 5) is 20.3. The lowest BCUT2D eigenvalue weighted by Gasteiger charge is -2.11. The van der Waals surface area contributed by atoms with Crippen LogP contribution in [-0.4, -0.2) is 30.9 Å². The van der Waals surface area contributed by atoms with E-state index in [-0.39, 0.29) is 11.9 Å². The van der Waals surface area contributed by atoms with Crippen LogP contribution in [0.3, 0.4) is 0 Å². The third kappa shape index (κ3) is 4.69. The first-order valence-corrected chi connectivity index (χ1v) is 8.23. The number of rotatable bonds is 7. The van der Waals surface area contributed by atoms with Gasteiger partial charge in [-0.15, -0.1) is 5.10 Å². The summed E-state index contributed by atoms with van der Waals surface area (Å²) in [6, 6.07) is 11.8. The number of nitrogens with zero attached hydrogens (tertiary/aromatic N) is 5. The summed E-state index contributed by atoms with van der Waals surface area (Å²) < 4.78 is 1.70. The van der Waals surface area contributed by atoms with Crippen molar-refractivity contribution in [3.05, 3.63) is 72.1 Å². The number of benzene rings is 1. The number of aryl methyl sites for hydroxylation is 2. The Morgan fingerprint density at radius 3 is 2.84 bits per heavy atom. The minimum atomic E-state index is -0.263. The van der Waals surface area contributed by atoms with Gasteiger partial charge in [0.25, 0.3) is 5.91 Å². The molecule has 1 amide bonds. The van der Waals surface area contributed by atoms with Gasteiger partial charge in [-0.05, 0) is 31.4 Å². The summed E-state index contributed by atoms with van der Waals surface area (Å²) in [5, 5.41) is 10.8. The molecule has 0 fully saturated rings. The smallest absolute Gasteiger partial charge is 0.273 e. The Kier molecular flexibility index (Phi) is 5.46. The molecule has 0 bridgehead atoms. The van der Waals surface area contributed by atoms with Crippen molar-refractivity contribution in [2.45, 2.75) is 32.4 Å². The maximum atomic E-state index is 12.3. The SMILES string of the molecule is CC(NC(=O)c1cn(CCCc2ccccc2)nn1)c1ccncn1. The maximum absolute atomic E-state index is 12.3. The second kappa shape index (κ2) is 8.14. The Morgan fingerprint density at radius 2 is 2.08 bits per heavy atom. The summed E-state index contributed by atoms with van der Waals surface area (Å²) in [5.41, 5.74) is 2.35. The molecule has 2 heterocycles. The van der Waals surface area contributed by atoms with E-state index in [1.54, 1.807) is 23.1 Å². The van der Waals surface area contributed by atoms with Crippen molar-refractivity contribution in [2.24, 2.45) is 0 Å². The highest BCUT2D eigenvalue weighted by Crippen LogP contribution is 2.08. The Labute approximate surface area is 146 Å². The van der Waals surface area contributed by atoms with Crippen LogP contribution in [0.2, 0.25) is 0 Å². The van der Waals surface area contributed by atoms with Crippen molar-refractivity contribution in [3.63, 3.8) is 0 Å². The van der Waals surface area contributed by atoms with Gasteiger partial charge in [-0.2, -0.15) is 0 Å². The fraction of sp³-hybridized carbons (Fsp3) is 0.278. The molecule has 3 aromatic rings. The number of hydrogen-bond donors (Lipinski definition) is 1. The number of carbonyl (C=O) groups is 1. The Hall–Kier alpha value is -3.09. The zero-order valence-electron chi connectivity index (χ0n) is 14.0. The molecule has 1 aromatic carbocycles. The number of amides is 1. The van der Waals surface area contributed by atoms with Gasteiger partial charge in [0.05, 0.1) is 17.9 Å². The van der Waals surface area contributed by atoms with E-state index in [1.807, 2.05) is 25.1 Å². The minimum Gasteiger partial charge on any atom is -0.342 e. The van der Waals surface area contributed by atoms with E-state index in [9.17, 15) is 4.79 Å². The van der Waals surface area contributed by atoms with E-state index < -0.39 is 0 Å². The molecule has 1 atom stereocenters. The van der Waals surface area contributed by atoms with Crippen molar-refractivity contribution in [1.82, 2.24) is 30.3 Å². The average molecular weight is 336 g/mol. The fourth-order valence-electron chi connectivity index (χ4n) is 2.50. The first kappa shape index (κ1) is 16.8. The van der Waals surface area contributed by atoms with Crippen molar-refractivity contribution in [2.75, 3.05) is 0 Å². The van der Waals surface area contributed by atoms with Gasteiger partial charge in [0.15, 0.2) is 5.69 Å². The molecule has 3 rings (SSSR count). The van der Waals surface area contributed by atoms with Crippen molar-refractivity contribution in [3.8, 4) is 0 Å². The second-order valence-electron chi connectivity index (χ2n) is 5.79. The molecule has 7 heteroatoms. The van der Waals surface area contributed by atoms with E-state index in [0.29, 0.717) is 5.69 Å². The molecule has 0 saturated carbocycles. The molecule has 0 aliphatic rings. The van der Waals surface area contributed by atoms with Gasteiger partial charge in [0.1, 0.15) is 6.33 Å². The van der Waals surface area contributed by atoms with Crippen LogP contribution in [0.15, 0.2) is 55.1 Å². The molecule has 1 N–H and O–H groups in total. The van der Waals surface area contributed by atoms with Crippen LogP contribution in [0, 0.1) is 0 Å². The Morgan fingerprint density at radius 1 is 1.24 bits per heavy atom. The van der Waals surface area contributed by atoms with Crippen molar-refractivity contribution < 1.29 is 4.79 Å². The second-order valence-corrected chi connectivity index (χ2v) is 5.79. The van der Waals surface area contributed by atoms with E-state index in [0.717, 1.165) is 25.1 Å². The van der Waals surface area contributed by atoms with Gasteiger partial charge in [-0.3, -0.25) is 9.48 Å². The zero-order valence-corrected chi connectivity index (χ0v) is 14.0. The number of nitrogens with one attached hydrogen (secondary N) is 1. The lowest BCUT2D eigenvalue weighted by molar-refractivity contribution is 0.0934. The fourth-order valence-corrected chi connectivity index (χ4v) is 2.50. The third-order valence-corrected chi connectivity index (χ3v) is 3.86. The third-order valence-electron chi connectivity index (χ3n) is 3.86. The molecular weight excluding hydrogens is 316 g/mol. The number of carbonyl (C=O) groups excluding carboxylic acids is 1. The summed E-state index contributed by atoms with van der Waals surface area (Å²) in [7, 11) is 0. The summed E-state index contributed by atoms with van der Waals surface area (Å²) >= 11 is 0. The topological polar surface area (TPSA) is 85.6 Å². The van der Waals surface area contributed by atoms with Gasteiger partial charge in [-0.1, -0.05) is 35.5 Å². The van der Waals surface area contributed by atoms with Crippen LogP contribution in [0.25, 0.3) is 0 Å². The van der Waals surface area contributed by atoms with Crippen LogP contribution in [0.5, 0.6) is 0 Å². The number of hydrogen-bond acceptors (Lipinski definition) is 5. The van der Waals surface area contributed by atoms with Crippen LogP contribution >= 0.6 is 0 Å². The summed E-state index contributed by atoms with van der Waals surface area (Å²) in [5.74, 6) is -0.263. The number of aromatic nitrogens is 5. The Bertz CT molecular complexity index is 803. The standard InChI is InChI=1S/C18H20N6O/c1-14(16-9-10-19-13-20-16)21-18(25)17-12-24(23-22-17)11-5-8-15-6-3-2-4-7-15/h2-4,6-7,9-10,12-14H,5,8,11H2,1H3,(H,21,25). The van der Waals surface area contributed by atoms with Gasteiger partial charge < -0.3 is 5.32 Å². The maximum Gasteiger partial charge on any atom is 0.273 e. The minimum absolute atomic E-state index is 0.223. The largest absolute Gasteiger partial charge is 0.342 e. The predicted molar refractivity (Wildman–Crippen MR) is 92.7 cm³/mol. The molecule has 25 heavy (non-hydrogen) atoms. The molecular formula is C18H20N6O. The van der Waals surface area contributed by atoms with E-state index in [2.05, 4.69) is 37.7 Å².